The molecule has 0 unspecified atom stereocenters. The second-order valence-corrected chi connectivity index (χ2v) is 5.95. The minimum absolute atomic E-state index is 0.504. The first-order valence-corrected chi connectivity index (χ1v) is 7.20. The first-order valence-electron chi connectivity index (χ1n) is 6.32. The Hall–Kier alpha value is -0.450. The number of hydrogen-bond acceptors (Lipinski definition) is 4. The van der Waals surface area contributed by atoms with Crippen LogP contribution in [0.4, 0.5) is 0 Å². The Morgan fingerprint density at radius 2 is 2.12 bits per heavy atom. The van der Waals surface area contributed by atoms with Gasteiger partial charge in [-0.2, -0.15) is 0 Å². The Bertz CT molecular complexity index is 310. The van der Waals surface area contributed by atoms with Crippen LogP contribution < -0.4 is 5.32 Å². The molecule has 0 spiro atoms. The van der Waals surface area contributed by atoms with Gasteiger partial charge >= 0.3 is 0 Å². The van der Waals surface area contributed by atoms with Gasteiger partial charge in [0.25, 0.3) is 0 Å². The Kier molecular flexibility index (Phi) is 6.70. The summed E-state index contributed by atoms with van der Waals surface area (Å²) in [7, 11) is 0. The van der Waals surface area contributed by atoms with Crippen molar-refractivity contribution in [2.45, 2.75) is 53.3 Å². The van der Waals surface area contributed by atoms with E-state index >= 15 is 0 Å². The van der Waals surface area contributed by atoms with Gasteiger partial charge in [0.1, 0.15) is 5.01 Å². The summed E-state index contributed by atoms with van der Waals surface area (Å²) in [5, 5.41) is 6.59. The van der Waals surface area contributed by atoms with Gasteiger partial charge in [0, 0.05) is 24.6 Å². The Morgan fingerprint density at radius 1 is 1.35 bits per heavy atom. The van der Waals surface area contributed by atoms with Gasteiger partial charge in [0.15, 0.2) is 0 Å². The van der Waals surface area contributed by atoms with Gasteiger partial charge in [-0.1, -0.05) is 27.7 Å². The Morgan fingerprint density at radius 3 is 2.76 bits per heavy atom. The topological polar surface area (TPSA) is 34.1 Å². The van der Waals surface area contributed by atoms with E-state index in [1.54, 1.807) is 11.3 Å². The molecule has 0 aliphatic carbocycles. The van der Waals surface area contributed by atoms with Crippen LogP contribution >= 0.6 is 11.3 Å². The number of ether oxygens (including phenoxy) is 1. The highest BCUT2D eigenvalue weighted by Crippen LogP contribution is 2.11. The van der Waals surface area contributed by atoms with E-state index < -0.39 is 0 Å². The first-order chi connectivity index (χ1) is 8.08. The molecular formula is C13H24N2OS. The molecule has 98 valence electrons. The summed E-state index contributed by atoms with van der Waals surface area (Å²) in [4.78, 5) is 4.53. The zero-order chi connectivity index (χ0) is 12.7. The minimum atomic E-state index is 0.504. The molecule has 0 radical (unpaired) electrons. The van der Waals surface area contributed by atoms with Crippen LogP contribution in [0.5, 0.6) is 0 Å². The molecule has 1 heterocycles. The van der Waals surface area contributed by atoms with Crippen LogP contribution in [0.3, 0.4) is 0 Å². The molecule has 0 atom stereocenters. The van der Waals surface area contributed by atoms with Gasteiger partial charge in [-0.05, 0) is 12.3 Å². The number of rotatable bonds is 8. The summed E-state index contributed by atoms with van der Waals surface area (Å²) < 4.78 is 5.59. The monoisotopic (exact) mass is 256 g/mol. The molecule has 3 nitrogen and oxygen atoms in total. The van der Waals surface area contributed by atoms with Gasteiger partial charge in [0.2, 0.25) is 0 Å². The van der Waals surface area contributed by atoms with Crippen LogP contribution in [0.2, 0.25) is 0 Å². The third kappa shape index (κ3) is 6.76. The summed E-state index contributed by atoms with van der Waals surface area (Å²) in [5.41, 5.74) is 1.05. The lowest BCUT2D eigenvalue weighted by Crippen LogP contribution is -2.21. The van der Waals surface area contributed by atoms with Crippen LogP contribution in [0.1, 0.15) is 44.8 Å². The fourth-order valence-electron chi connectivity index (χ4n) is 1.28. The zero-order valence-electron chi connectivity index (χ0n) is 11.3. The van der Waals surface area contributed by atoms with Crippen molar-refractivity contribution in [2.24, 2.45) is 5.92 Å². The van der Waals surface area contributed by atoms with Crippen molar-refractivity contribution in [3.05, 3.63) is 16.1 Å². The maximum absolute atomic E-state index is 5.59. The van der Waals surface area contributed by atoms with E-state index in [1.807, 2.05) is 0 Å². The van der Waals surface area contributed by atoms with Crippen LogP contribution in [-0.2, 0) is 17.9 Å². The maximum Gasteiger partial charge on any atom is 0.107 e. The van der Waals surface area contributed by atoms with Gasteiger partial charge < -0.3 is 10.1 Å². The highest BCUT2D eigenvalue weighted by molar-refractivity contribution is 7.09. The molecule has 0 aliphatic heterocycles. The van der Waals surface area contributed by atoms with E-state index in [4.69, 9.17) is 4.74 Å². The average molecular weight is 256 g/mol. The molecule has 0 saturated heterocycles. The van der Waals surface area contributed by atoms with Crippen molar-refractivity contribution in [3.8, 4) is 0 Å². The largest absolute Gasteiger partial charge is 0.375 e. The molecule has 0 amide bonds. The zero-order valence-corrected chi connectivity index (χ0v) is 12.1. The molecule has 0 aliphatic rings. The van der Waals surface area contributed by atoms with Crippen LogP contribution in [0, 0.1) is 5.92 Å². The van der Waals surface area contributed by atoms with Gasteiger partial charge in [-0.25, -0.2) is 4.98 Å². The molecule has 0 aromatic carbocycles. The molecule has 1 aromatic heterocycles. The number of thiazole rings is 1. The smallest absolute Gasteiger partial charge is 0.107 e. The van der Waals surface area contributed by atoms with E-state index in [0.29, 0.717) is 18.6 Å². The average Bonchev–Trinajstić information content (AvgIpc) is 2.69. The maximum atomic E-state index is 5.59. The normalized spacial score (nSPS) is 11.6. The highest BCUT2D eigenvalue weighted by Gasteiger charge is 2.03. The number of hydrogen-bond donors (Lipinski definition) is 1. The second-order valence-electron chi connectivity index (χ2n) is 5.00. The Balaban J connectivity index is 2.21. The quantitative estimate of drug-likeness (QED) is 0.725. The highest BCUT2D eigenvalue weighted by atomic mass is 32.1. The predicted octanol–water partition coefficient (Wildman–Crippen LogP) is 3.20. The number of nitrogens with one attached hydrogen (secondary N) is 1. The molecule has 0 bridgehead atoms. The summed E-state index contributed by atoms with van der Waals surface area (Å²) in [6, 6.07) is 0.504. The summed E-state index contributed by atoms with van der Waals surface area (Å²) >= 11 is 1.70. The third-order valence-electron chi connectivity index (χ3n) is 2.35. The van der Waals surface area contributed by atoms with E-state index in [1.165, 1.54) is 0 Å². The van der Waals surface area contributed by atoms with Crippen molar-refractivity contribution >= 4 is 11.3 Å². The molecular weight excluding hydrogens is 232 g/mol. The van der Waals surface area contributed by atoms with Crippen LogP contribution in [0.25, 0.3) is 0 Å². The second kappa shape index (κ2) is 7.80. The molecule has 0 saturated carbocycles. The lowest BCUT2D eigenvalue weighted by atomic mass is 10.1. The molecule has 4 heteroatoms. The minimum Gasteiger partial charge on any atom is -0.375 e. The lowest BCUT2D eigenvalue weighted by Gasteiger charge is -2.05. The van der Waals surface area contributed by atoms with Crippen LogP contribution in [-0.4, -0.2) is 17.6 Å². The van der Waals surface area contributed by atoms with Crippen molar-refractivity contribution in [1.29, 1.82) is 0 Å². The third-order valence-corrected chi connectivity index (χ3v) is 3.25. The van der Waals surface area contributed by atoms with Crippen molar-refractivity contribution < 1.29 is 4.74 Å². The molecule has 1 rings (SSSR count). The van der Waals surface area contributed by atoms with E-state index in [2.05, 4.69) is 43.4 Å². The van der Waals surface area contributed by atoms with Crippen molar-refractivity contribution in [2.75, 3.05) is 6.61 Å². The van der Waals surface area contributed by atoms with E-state index in [0.717, 1.165) is 30.3 Å². The fraction of sp³-hybridized carbons (Fsp3) is 0.769. The molecule has 1 aromatic rings. The summed E-state index contributed by atoms with van der Waals surface area (Å²) in [6.45, 7) is 11.0. The summed E-state index contributed by atoms with van der Waals surface area (Å²) in [5.74, 6) is 0.705. The van der Waals surface area contributed by atoms with Gasteiger partial charge in [-0.3, -0.25) is 0 Å². The number of aromatic nitrogens is 1. The van der Waals surface area contributed by atoms with Crippen LogP contribution in [0.15, 0.2) is 5.38 Å². The lowest BCUT2D eigenvalue weighted by molar-refractivity contribution is 0.108. The number of nitrogens with zero attached hydrogens (tertiary/aromatic N) is 1. The van der Waals surface area contributed by atoms with E-state index in [9.17, 15) is 0 Å². The van der Waals surface area contributed by atoms with Crippen molar-refractivity contribution in [3.63, 3.8) is 0 Å². The Labute approximate surface area is 109 Å². The van der Waals surface area contributed by atoms with Gasteiger partial charge in [-0.15, -0.1) is 11.3 Å². The van der Waals surface area contributed by atoms with Crippen molar-refractivity contribution in [1.82, 2.24) is 10.3 Å². The molecule has 17 heavy (non-hydrogen) atoms. The first kappa shape index (κ1) is 14.6. The van der Waals surface area contributed by atoms with E-state index in [-0.39, 0.29) is 0 Å². The predicted molar refractivity (Wildman–Crippen MR) is 73.2 cm³/mol. The SMILES string of the molecule is CC(C)CCOCc1csc(CNC(C)C)n1. The molecule has 0 fully saturated rings. The summed E-state index contributed by atoms with van der Waals surface area (Å²) in [6.07, 6.45) is 1.12. The molecule has 1 N–H and O–H groups in total. The van der Waals surface area contributed by atoms with Gasteiger partial charge in [0.05, 0.1) is 12.3 Å². The standard InChI is InChI=1S/C13H24N2OS/c1-10(2)5-6-16-8-12-9-17-13(15-12)7-14-11(3)4/h9-11,14H,5-8H2,1-4H3. The fourth-order valence-corrected chi connectivity index (χ4v) is 2.01.